The molecule has 1 fully saturated rings. The van der Waals surface area contributed by atoms with Gasteiger partial charge in [-0.2, -0.15) is 5.26 Å². The molecule has 0 saturated heterocycles. The first kappa shape index (κ1) is 11.1. The normalized spacial score (nSPS) is 24.2. The van der Waals surface area contributed by atoms with Gasteiger partial charge in [-0.05, 0) is 31.4 Å². The minimum Gasteiger partial charge on any atom is -0.376 e. The molecular formula is C13H16N2O. The van der Waals surface area contributed by atoms with Crippen molar-refractivity contribution in [3.05, 3.63) is 30.1 Å². The highest BCUT2D eigenvalue weighted by atomic mass is 16.5. The molecule has 1 saturated carbocycles. The average molecular weight is 216 g/mol. The monoisotopic (exact) mass is 216 g/mol. The van der Waals surface area contributed by atoms with Crippen LogP contribution in [0.5, 0.6) is 0 Å². The molecule has 1 aromatic rings. The molecule has 0 bridgehead atoms. The van der Waals surface area contributed by atoms with E-state index in [4.69, 9.17) is 10.00 Å². The van der Waals surface area contributed by atoms with Gasteiger partial charge < -0.3 is 4.74 Å². The van der Waals surface area contributed by atoms with Gasteiger partial charge in [0, 0.05) is 18.3 Å². The van der Waals surface area contributed by atoms with E-state index >= 15 is 0 Å². The molecule has 0 N–H and O–H groups in total. The van der Waals surface area contributed by atoms with Crippen LogP contribution in [0.15, 0.2) is 24.4 Å². The lowest BCUT2D eigenvalue weighted by Gasteiger charge is -2.14. The highest BCUT2D eigenvalue weighted by molar-refractivity contribution is 5.03. The molecule has 2 rings (SSSR count). The molecule has 0 aliphatic heterocycles. The van der Waals surface area contributed by atoms with Crippen LogP contribution in [0, 0.1) is 17.2 Å². The first-order valence-electron chi connectivity index (χ1n) is 5.81. The number of nitriles is 1. The number of aromatic nitrogens is 1. The molecule has 3 nitrogen and oxygen atoms in total. The molecule has 3 heteroatoms. The molecule has 2 unspecified atom stereocenters. The summed E-state index contributed by atoms with van der Waals surface area (Å²) in [5.41, 5.74) is 1.05. The SMILES string of the molecule is N#CC1CCCC1OCCc1ccccn1. The maximum atomic E-state index is 8.91. The fourth-order valence-corrected chi connectivity index (χ4v) is 2.13. The summed E-state index contributed by atoms with van der Waals surface area (Å²) in [6.07, 6.45) is 5.91. The van der Waals surface area contributed by atoms with Crippen LogP contribution in [0.3, 0.4) is 0 Å². The van der Waals surface area contributed by atoms with E-state index < -0.39 is 0 Å². The Morgan fingerprint density at radius 2 is 2.38 bits per heavy atom. The topological polar surface area (TPSA) is 45.9 Å². The molecule has 16 heavy (non-hydrogen) atoms. The lowest BCUT2D eigenvalue weighted by Crippen LogP contribution is -2.18. The van der Waals surface area contributed by atoms with Crippen LogP contribution < -0.4 is 0 Å². The minimum absolute atomic E-state index is 0.101. The first-order chi connectivity index (χ1) is 7.90. The Kier molecular flexibility index (Phi) is 3.90. The Morgan fingerprint density at radius 3 is 3.12 bits per heavy atom. The molecule has 1 aliphatic carbocycles. The second-order valence-electron chi connectivity index (χ2n) is 4.15. The maximum Gasteiger partial charge on any atom is 0.0733 e. The first-order valence-corrected chi connectivity index (χ1v) is 5.81. The van der Waals surface area contributed by atoms with Gasteiger partial charge in [-0.25, -0.2) is 0 Å². The molecule has 0 amide bonds. The molecule has 1 aliphatic rings. The van der Waals surface area contributed by atoms with Gasteiger partial charge in [-0.15, -0.1) is 0 Å². The zero-order chi connectivity index (χ0) is 11.2. The molecular weight excluding hydrogens is 200 g/mol. The highest BCUT2D eigenvalue weighted by Gasteiger charge is 2.27. The summed E-state index contributed by atoms with van der Waals surface area (Å²) in [5.74, 6) is 0.101. The van der Waals surface area contributed by atoms with Gasteiger partial charge in [0.05, 0.1) is 24.7 Å². The van der Waals surface area contributed by atoms with Crippen LogP contribution in [0.4, 0.5) is 0 Å². The van der Waals surface area contributed by atoms with Crippen molar-refractivity contribution < 1.29 is 4.74 Å². The Balaban J connectivity index is 1.74. The van der Waals surface area contributed by atoms with E-state index in [0.29, 0.717) is 6.61 Å². The average Bonchev–Trinajstić information content (AvgIpc) is 2.78. The van der Waals surface area contributed by atoms with E-state index in [1.54, 1.807) is 6.20 Å². The van der Waals surface area contributed by atoms with Crippen LogP contribution in [0.25, 0.3) is 0 Å². The summed E-state index contributed by atoms with van der Waals surface area (Å²) in [4.78, 5) is 4.24. The number of hydrogen-bond acceptors (Lipinski definition) is 3. The lowest BCUT2D eigenvalue weighted by atomic mass is 10.1. The fraction of sp³-hybridized carbons (Fsp3) is 0.538. The fourth-order valence-electron chi connectivity index (χ4n) is 2.13. The van der Waals surface area contributed by atoms with E-state index in [0.717, 1.165) is 31.4 Å². The summed E-state index contributed by atoms with van der Waals surface area (Å²) in [7, 11) is 0. The number of pyridine rings is 1. The summed E-state index contributed by atoms with van der Waals surface area (Å²) in [6.45, 7) is 0.667. The van der Waals surface area contributed by atoms with Crippen LogP contribution in [0.1, 0.15) is 25.0 Å². The summed E-state index contributed by atoms with van der Waals surface area (Å²) in [6, 6.07) is 8.21. The van der Waals surface area contributed by atoms with Crippen molar-refractivity contribution in [2.24, 2.45) is 5.92 Å². The highest BCUT2D eigenvalue weighted by Crippen LogP contribution is 2.27. The Labute approximate surface area is 96.1 Å². The molecule has 0 radical (unpaired) electrons. The van der Waals surface area contributed by atoms with Gasteiger partial charge in [0.15, 0.2) is 0 Å². The third-order valence-electron chi connectivity index (χ3n) is 3.03. The smallest absolute Gasteiger partial charge is 0.0733 e. The van der Waals surface area contributed by atoms with Gasteiger partial charge in [0.1, 0.15) is 0 Å². The predicted molar refractivity (Wildman–Crippen MR) is 60.6 cm³/mol. The number of nitrogens with zero attached hydrogens (tertiary/aromatic N) is 2. The molecule has 0 aromatic carbocycles. The number of rotatable bonds is 4. The van der Waals surface area contributed by atoms with Crippen LogP contribution >= 0.6 is 0 Å². The van der Waals surface area contributed by atoms with Crippen LogP contribution in [-0.2, 0) is 11.2 Å². The van der Waals surface area contributed by atoms with E-state index in [-0.39, 0.29) is 12.0 Å². The quantitative estimate of drug-likeness (QED) is 0.776. The molecule has 1 aromatic heterocycles. The summed E-state index contributed by atoms with van der Waals surface area (Å²) in [5, 5.41) is 8.91. The Morgan fingerprint density at radius 1 is 1.44 bits per heavy atom. The van der Waals surface area contributed by atoms with Crippen molar-refractivity contribution in [2.45, 2.75) is 31.8 Å². The van der Waals surface area contributed by atoms with Gasteiger partial charge in [-0.3, -0.25) is 4.98 Å². The van der Waals surface area contributed by atoms with Crippen molar-refractivity contribution in [1.29, 1.82) is 5.26 Å². The number of ether oxygens (including phenoxy) is 1. The van der Waals surface area contributed by atoms with Crippen molar-refractivity contribution in [3.63, 3.8) is 0 Å². The second-order valence-corrected chi connectivity index (χ2v) is 4.15. The van der Waals surface area contributed by atoms with E-state index in [1.165, 1.54) is 0 Å². The zero-order valence-corrected chi connectivity index (χ0v) is 9.30. The van der Waals surface area contributed by atoms with Gasteiger partial charge in [0.2, 0.25) is 0 Å². The molecule has 0 spiro atoms. The molecule has 1 heterocycles. The Bertz CT molecular complexity index is 358. The second kappa shape index (κ2) is 5.62. The number of hydrogen-bond donors (Lipinski definition) is 0. The van der Waals surface area contributed by atoms with Crippen LogP contribution in [0.2, 0.25) is 0 Å². The molecule has 2 atom stereocenters. The van der Waals surface area contributed by atoms with Crippen molar-refractivity contribution in [3.8, 4) is 6.07 Å². The van der Waals surface area contributed by atoms with Gasteiger partial charge in [-0.1, -0.05) is 6.07 Å². The van der Waals surface area contributed by atoms with Gasteiger partial charge in [0.25, 0.3) is 0 Å². The van der Waals surface area contributed by atoms with Crippen molar-refractivity contribution in [2.75, 3.05) is 6.61 Å². The van der Waals surface area contributed by atoms with Gasteiger partial charge >= 0.3 is 0 Å². The van der Waals surface area contributed by atoms with E-state index in [2.05, 4.69) is 11.1 Å². The van der Waals surface area contributed by atoms with Crippen molar-refractivity contribution >= 4 is 0 Å². The standard InChI is InChI=1S/C13H16N2O/c14-10-11-4-3-6-13(11)16-9-7-12-5-1-2-8-15-12/h1-2,5,8,11,13H,3-4,6-7,9H2. The third-order valence-corrected chi connectivity index (χ3v) is 3.03. The van der Waals surface area contributed by atoms with Crippen molar-refractivity contribution in [1.82, 2.24) is 4.98 Å². The zero-order valence-electron chi connectivity index (χ0n) is 9.30. The lowest BCUT2D eigenvalue weighted by molar-refractivity contribution is 0.0430. The predicted octanol–water partition coefficient (Wildman–Crippen LogP) is 2.33. The molecule has 84 valence electrons. The van der Waals surface area contributed by atoms with Crippen LogP contribution in [-0.4, -0.2) is 17.7 Å². The Hall–Kier alpha value is -1.40. The largest absolute Gasteiger partial charge is 0.376 e. The van der Waals surface area contributed by atoms with E-state index in [9.17, 15) is 0 Å². The summed E-state index contributed by atoms with van der Waals surface area (Å²) >= 11 is 0. The third kappa shape index (κ3) is 2.80. The maximum absolute atomic E-state index is 8.91. The summed E-state index contributed by atoms with van der Waals surface area (Å²) < 4.78 is 5.75. The minimum atomic E-state index is 0.101. The van der Waals surface area contributed by atoms with E-state index in [1.807, 2.05) is 18.2 Å².